The average molecular weight is 334 g/mol. The van der Waals surface area contributed by atoms with Crippen molar-refractivity contribution in [2.24, 2.45) is 0 Å². The van der Waals surface area contributed by atoms with Gasteiger partial charge in [0.1, 0.15) is 0 Å². The fourth-order valence-corrected chi connectivity index (χ4v) is 1.60. The van der Waals surface area contributed by atoms with E-state index in [1.54, 1.807) is 12.1 Å². The first kappa shape index (κ1) is 17.9. The monoisotopic (exact) mass is 332 g/mol. The molecule has 0 heterocycles. The van der Waals surface area contributed by atoms with Gasteiger partial charge in [0, 0.05) is 0 Å². The van der Waals surface area contributed by atoms with Crippen molar-refractivity contribution in [1.82, 2.24) is 0 Å². The van der Waals surface area contributed by atoms with Crippen molar-refractivity contribution in [2.45, 2.75) is 27.7 Å². The van der Waals surface area contributed by atoms with Gasteiger partial charge in [-0.1, -0.05) is 58.7 Å². The molecule has 0 aliphatic carbocycles. The van der Waals surface area contributed by atoms with E-state index in [1.165, 1.54) is 0 Å². The van der Waals surface area contributed by atoms with Crippen molar-refractivity contribution in [3.05, 3.63) is 58.7 Å². The summed E-state index contributed by atoms with van der Waals surface area (Å²) in [6.45, 7) is 7.61. The Morgan fingerprint density at radius 1 is 0.632 bits per heavy atom. The number of hydrogen-bond acceptors (Lipinski definition) is 2. The van der Waals surface area contributed by atoms with Gasteiger partial charge in [0.05, 0.1) is 0 Å². The molecule has 0 saturated heterocycles. The molecule has 0 amide bonds. The van der Waals surface area contributed by atoms with Crippen LogP contribution in [-0.2, 0) is 26.2 Å². The summed E-state index contributed by atoms with van der Waals surface area (Å²) in [5.41, 5.74) is 3.95. The average Bonchev–Trinajstić information content (AvgIpc) is 2.30. The van der Waals surface area contributed by atoms with Crippen LogP contribution in [0.1, 0.15) is 22.3 Å². The molecule has 2 aromatic carbocycles. The molecule has 2 aromatic rings. The molecule has 0 aromatic heterocycles. The van der Waals surface area contributed by atoms with Crippen molar-refractivity contribution in [3.8, 4) is 11.5 Å². The molecular formula is C16H18O2Zr. The zero-order chi connectivity index (χ0) is 13.7. The number of hydrogen-bond donors (Lipinski definition) is 0. The standard InChI is InChI=1S/2C8H10O.Zr/c2*1-6-3-4-8(9)7(2)5-6;/h2*3-5,9H,1-2H3;/q;;+2/p-2. The summed E-state index contributed by atoms with van der Waals surface area (Å²) in [4.78, 5) is 0. The van der Waals surface area contributed by atoms with Crippen LogP contribution in [0.2, 0.25) is 0 Å². The summed E-state index contributed by atoms with van der Waals surface area (Å²) < 4.78 is 0. The smallest absolute Gasteiger partial charge is 0.872 e. The molecule has 0 radical (unpaired) electrons. The molecule has 0 aliphatic rings. The second-order valence-corrected chi connectivity index (χ2v) is 4.54. The molecule has 3 heteroatoms. The molecule has 2 nitrogen and oxygen atoms in total. The third-order valence-corrected chi connectivity index (χ3v) is 2.66. The maximum absolute atomic E-state index is 10.8. The van der Waals surface area contributed by atoms with Crippen molar-refractivity contribution < 1.29 is 36.4 Å². The summed E-state index contributed by atoms with van der Waals surface area (Å²) in [7, 11) is 0. The van der Waals surface area contributed by atoms with E-state index in [-0.39, 0.29) is 37.7 Å². The molecule has 0 aliphatic heterocycles. The zero-order valence-electron chi connectivity index (χ0n) is 11.8. The molecule has 0 spiro atoms. The number of rotatable bonds is 0. The molecule has 19 heavy (non-hydrogen) atoms. The molecule has 2 rings (SSSR count). The van der Waals surface area contributed by atoms with Crippen molar-refractivity contribution >= 4 is 0 Å². The van der Waals surface area contributed by atoms with E-state index in [2.05, 4.69) is 0 Å². The predicted molar refractivity (Wildman–Crippen MR) is 70.7 cm³/mol. The van der Waals surface area contributed by atoms with Gasteiger partial charge in [-0.3, -0.25) is 0 Å². The van der Waals surface area contributed by atoms with Crippen LogP contribution in [0.3, 0.4) is 0 Å². The molecular weight excluding hydrogens is 315 g/mol. The van der Waals surface area contributed by atoms with Crippen LogP contribution in [0, 0.1) is 27.7 Å². The zero-order valence-corrected chi connectivity index (χ0v) is 14.2. The van der Waals surface area contributed by atoms with Crippen molar-refractivity contribution in [1.29, 1.82) is 0 Å². The Labute approximate surface area is 134 Å². The number of aryl methyl sites for hydroxylation is 4. The fourth-order valence-electron chi connectivity index (χ4n) is 1.60. The first-order chi connectivity index (χ1) is 8.40. The topological polar surface area (TPSA) is 46.1 Å². The minimum absolute atomic E-state index is 0. The maximum Gasteiger partial charge on any atom is 2.00 e. The quantitative estimate of drug-likeness (QED) is 0.744. The fraction of sp³-hybridized carbons (Fsp3) is 0.250. The Morgan fingerprint density at radius 2 is 0.947 bits per heavy atom. The third kappa shape index (κ3) is 6.07. The van der Waals surface area contributed by atoms with Crippen LogP contribution in [0.5, 0.6) is 11.5 Å². The summed E-state index contributed by atoms with van der Waals surface area (Å²) in [6, 6.07) is 10.6. The van der Waals surface area contributed by atoms with E-state index in [0.717, 1.165) is 22.3 Å². The Balaban J connectivity index is 0.000000324. The summed E-state index contributed by atoms with van der Waals surface area (Å²) in [6.07, 6.45) is 0. The van der Waals surface area contributed by atoms with Gasteiger partial charge in [-0.25, -0.2) is 0 Å². The van der Waals surface area contributed by atoms with Crippen LogP contribution >= 0.6 is 0 Å². The van der Waals surface area contributed by atoms with Crippen LogP contribution in [0.4, 0.5) is 0 Å². The van der Waals surface area contributed by atoms with Gasteiger partial charge in [0.25, 0.3) is 0 Å². The molecule has 0 bridgehead atoms. The van der Waals surface area contributed by atoms with Crippen LogP contribution in [-0.4, -0.2) is 0 Å². The van der Waals surface area contributed by atoms with Crippen LogP contribution in [0.15, 0.2) is 36.4 Å². The summed E-state index contributed by atoms with van der Waals surface area (Å²) >= 11 is 0. The maximum atomic E-state index is 10.8. The molecule has 0 saturated carbocycles. The van der Waals surface area contributed by atoms with E-state index in [0.29, 0.717) is 0 Å². The van der Waals surface area contributed by atoms with E-state index >= 15 is 0 Å². The van der Waals surface area contributed by atoms with E-state index in [9.17, 15) is 10.2 Å². The summed E-state index contributed by atoms with van der Waals surface area (Å²) in [5.74, 6) is 0.251. The Kier molecular flexibility index (Phi) is 7.70. The Morgan fingerprint density at radius 3 is 1.16 bits per heavy atom. The molecule has 0 N–H and O–H groups in total. The van der Waals surface area contributed by atoms with Gasteiger partial charge in [0.2, 0.25) is 0 Å². The van der Waals surface area contributed by atoms with E-state index in [4.69, 9.17) is 0 Å². The molecule has 0 unspecified atom stereocenters. The largest absolute Gasteiger partial charge is 2.00 e. The van der Waals surface area contributed by atoms with E-state index in [1.807, 2.05) is 52.0 Å². The normalized spacial score (nSPS) is 9.05. The first-order valence-corrected chi connectivity index (χ1v) is 5.88. The SMILES string of the molecule is Cc1ccc([O-])c(C)c1.Cc1ccc([O-])c(C)c1.[Zr+2]. The minimum Gasteiger partial charge on any atom is -0.872 e. The Hall–Kier alpha value is -1.08. The predicted octanol–water partition coefficient (Wildman–Crippen LogP) is 2.75. The van der Waals surface area contributed by atoms with Crippen LogP contribution in [0.25, 0.3) is 0 Å². The second kappa shape index (κ2) is 8.17. The minimum atomic E-state index is 0. The van der Waals surface area contributed by atoms with Gasteiger partial charge in [-0.2, -0.15) is 0 Å². The number of benzene rings is 2. The summed E-state index contributed by atoms with van der Waals surface area (Å²) in [5, 5.41) is 21.5. The second-order valence-electron chi connectivity index (χ2n) is 4.54. The van der Waals surface area contributed by atoms with Gasteiger partial charge in [-0.05, 0) is 27.7 Å². The molecule has 98 valence electrons. The third-order valence-electron chi connectivity index (χ3n) is 2.66. The van der Waals surface area contributed by atoms with Crippen LogP contribution < -0.4 is 10.2 Å². The van der Waals surface area contributed by atoms with Crippen molar-refractivity contribution in [3.63, 3.8) is 0 Å². The Bertz CT molecular complexity index is 487. The molecule has 0 fully saturated rings. The van der Waals surface area contributed by atoms with Crippen molar-refractivity contribution in [2.75, 3.05) is 0 Å². The first-order valence-electron chi connectivity index (χ1n) is 5.88. The van der Waals surface area contributed by atoms with Gasteiger partial charge in [0.15, 0.2) is 0 Å². The van der Waals surface area contributed by atoms with Gasteiger partial charge >= 0.3 is 26.2 Å². The van der Waals surface area contributed by atoms with Gasteiger partial charge in [-0.15, -0.1) is 11.5 Å². The van der Waals surface area contributed by atoms with E-state index < -0.39 is 0 Å². The molecule has 0 atom stereocenters. The van der Waals surface area contributed by atoms with Gasteiger partial charge < -0.3 is 10.2 Å².